The second-order valence-electron chi connectivity index (χ2n) is 15.6. The minimum atomic E-state index is 0.0177. The smallest absolute Gasteiger partial charge is 0.0406 e. The van der Waals surface area contributed by atoms with Gasteiger partial charge in [0.1, 0.15) is 0 Å². The monoisotopic (exact) mass is 642 g/mol. The Morgan fingerprint density at radius 2 is 0.640 bits per heavy atom. The summed E-state index contributed by atoms with van der Waals surface area (Å²) in [6.07, 6.45) is 0. The normalized spacial score (nSPS) is 12.0. The molecule has 0 aliphatic heterocycles. The molecule has 0 amide bonds. The van der Waals surface area contributed by atoms with Crippen molar-refractivity contribution >= 4 is 43.1 Å². The molecule has 0 radical (unpaired) electrons. The number of benzene rings is 8. The Balaban J connectivity index is 1.48. The summed E-state index contributed by atoms with van der Waals surface area (Å²) >= 11 is 0. The van der Waals surface area contributed by atoms with E-state index >= 15 is 0 Å². The molecule has 0 aliphatic rings. The maximum absolute atomic E-state index is 3.82. The Hall–Kier alpha value is -5.64. The molecule has 0 atom stereocenters. The van der Waals surface area contributed by atoms with E-state index in [2.05, 4.69) is 199 Å². The molecule has 50 heavy (non-hydrogen) atoms. The van der Waals surface area contributed by atoms with E-state index in [1.807, 2.05) is 0 Å². The molecule has 0 saturated carbocycles. The third-order valence-electron chi connectivity index (χ3n) is 10.2. The van der Waals surface area contributed by atoms with Crippen LogP contribution in [0.2, 0.25) is 0 Å². The lowest BCUT2D eigenvalue weighted by molar-refractivity contribution is 0.591. The summed E-state index contributed by atoms with van der Waals surface area (Å²) in [7, 11) is 0. The van der Waals surface area contributed by atoms with Gasteiger partial charge in [0.15, 0.2) is 0 Å². The quantitative estimate of drug-likeness (QED) is 0.130. The summed E-state index contributed by atoms with van der Waals surface area (Å²) < 4.78 is 0. The lowest BCUT2D eigenvalue weighted by atomic mass is 9.82. The molecule has 0 fully saturated rings. The highest BCUT2D eigenvalue weighted by Gasteiger charge is 2.21. The molecule has 0 N–H and O–H groups in total. The van der Waals surface area contributed by atoms with Crippen molar-refractivity contribution in [3.63, 3.8) is 0 Å². The number of hydrogen-bond donors (Lipinski definition) is 0. The Morgan fingerprint density at radius 3 is 1.00 bits per heavy atom. The third kappa shape index (κ3) is 5.45. The largest absolute Gasteiger partial charge is 0.0622 e. The van der Waals surface area contributed by atoms with Crippen LogP contribution in [0.15, 0.2) is 146 Å². The minimum absolute atomic E-state index is 0.0177. The van der Waals surface area contributed by atoms with E-state index in [0.29, 0.717) is 0 Å². The minimum Gasteiger partial charge on any atom is -0.0622 e. The Morgan fingerprint density at radius 1 is 0.320 bits per heavy atom. The van der Waals surface area contributed by atoms with Gasteiger partial charge in [0, 0.05) is 11.1 Å². The van der Waals surface area contributed by atoms with E-state index in [-0.39, 0.29) is 10.8 Å². The van der Waals surface area contributed by atoms with Gasteiger partial charge in [-0.15, -0.1) is 0 Å². The highest BCUT2D eigenvalue weighted by atomic mass is 14.2. The van der Waals surface area contributed by atoms with Gasteiger partial charge in [0.25, 0.3) is 0 Å². The molecule has 8 aromatic rings. The van der Waals surface area contributed by atoms with Gasteiger partial charge in [-0.1, -0.05) is 187 Å². The van der Waals surface area contributed by atoms with E-state index in [4.69, 9.17) is 0 Å². The molecule has 0 heterocycles. The Labute approximate surface area is 296 Å². The summed E-state index contributed by atoms with van der Waals surface area (Å²) in [6, 6.07) is 53.3. The van der Waals surface area contributed by atoms with Crippen LogP contribution in [0, 0.1) is 11.8 Å². The first-order valence-electron chi connectivity index (χ1n) is 17.7. The molecule has 0 saturated heterocycles. The maximum Gasteiger partial charge on any atom is 0.0406 e. The van der Waals surface area contributed by atoms with Gasteiger partial charge in [-0.3, -0.25) is 0 Å². The van der Waals surface area contributed by atoms with Crippen molar-refractivity contribution in [1.82, 2.24) is 0 Å². The Kier molecular flexibility index (Phi) is 7.62. The van der Waals surface area contributed by atoms with Crippen molar-refractivity contribution in [2.24, 2.45) is 0 Å². The van der Waals surface area contributed by atoms with Gasteiger partial charge in [0.05, 0.1) is 0 Å². The second-order valence-corrected chi connectivity index (χ2v) is 15.6. The molecular weight excluding hydrogens is 601 g/mol. The van der Waals surface area contributed by atoms with Gasteiger partial charge in [-0.2, -0.15) is 0 Å². The summed E-state index contributed by atoms with van der Waals surface area (Å²) in [5.41, 5.74) is 9.81. The summed E-state index contributed by atoms with van der Waals surface area (Å²) in [5.74, 6) is 7.64. The van der Waals surface area contributed by atoms with Crippen molar-refractivity contribution in [2.45, 2.75) is 52.4 Å². The lowest BCUT2D eigenvalue weighted by Gasteiger charge is -2.22. The lowest BCUT2D eigenvalue weighted by Crippen LogP contribution is -2.11. The fourth-order valence-electron chi connectivity index (χ4n) is 7.52. The van der Waals surface area contributed by atoms with Gasteiger partial charge in [0.2, 0.25) is 0 Å². The number of hydrogen-bond acceptors (Lipinski definition) is 0. The molecule has 0 nitrogen and oxygen atoms in total. The summed E-state index contributed by atoms with van der Waals surface area (Å²) in [6.45, 7) is 13.7. The molecule has 242 valence electrons. The SMILES string of the molecule is CC(C)(C)c1ccc2c(C#Cc3c4ccccc4c(-c4ccccc4)c4cc(C(C)(C)C)ccc34)c3ccccc3c(-c3ccccc3)c2c1. The summed E-state index contributed by atoms with van der Waals surface area (Å²) in [4.78, 5) is 0. The van der Waals surface area contributed by atoms with E-state index < -0.39 is 0 Å². The van der Waals surface area contributed by atoms with Crippen LogP contribution in [0.4, 0.5) is 0 Å². The van der Waals surface area contributed by atoms with Crippen molar-refractivity contribution < 1.29 is 0 Å². The first-order chi connectivity index (χ1) is 24.1. The first-order valence-corrected chi connectivity index (χ1v) is 17.7. The van der Waals surface area contributed by atoms with Crippen LogP contribution >= 0.6 is 0 Å². The van der Waals surface area contributed by atoms with Crippen LogP contribution in [0.5, 0.6) is 0 Å². The fraction of sp³-hybridized carbons (Fsp3) is 0.160. The van der Waals surface area contributed by atoms with Crippen molar-refractivity contribution in [3.05, 3.63) is 168 Å². The highest BCUT2D eigenvalue weighted by molar-refractivity contribution is 6.18. The topological polar surface area (TPSA) is 0 Å². The van der Waals surface area contributed by atoms with Crippen LogP contribution in [-0.4, -0.2) is 0 Å². The molecule has 0 bridgehead atoms. The molecule has 0 unspecified atom stereocenters. The zero-order valence-corrected chi connectivity index (χ0v) is 29.9. The van der Waals surface area contributed by atoms with Crippen LogP contribution in [0.25, 0.3) is 65.3 Å². The van der Waals surface area contributed by atoms with Gasteiger partial charge in [-0.05, 0) is 99.4 Å². The van der Waals surface area contributed by atoms with Crippen molar-refractivity contribution in [2.75, 3.05) is 0 Å². The summed E-state index contributed by atoms with van der Waals surface area (Å²) in [5, 5.41) is 9.68. The average molecular weight is 643 g/mol. The van der Waals surface area contributed by atoms with Crippen LogP contribution in [0.3, 0.4) is 0 Å². The van der Waals surface area contributed by atoms with Gasteiger partial charge >= 0.3 is 0 Å². The van der Waals surface area contributed by atoms with E-state index in [1.165, 1.54) is 76.5 Å². The molecule has 0 aliphatic carbocycles. The predicted molar refractivity (Wildman–Crippen MR) is 217 cm³/mol. The van der Waals surface area contributed by atoms with E-state index in [0.717, 1.165) is 11.1 Å². The average Bonchev–Trinajstić information content (AvgIpc) is 3.12. The molecule has 8 aromatic carbocycles. The zero-order valence-electron chi connectivity index (χ0n) is 29.9. The van der Waals surface area contributed by atoms with E-state index in [1.54, 1.807) is 0 Å². The first kappa shape index (κ1) is 31.6. The number of fused-ring (bicyclic) bond motifs is 4. The number of rotatable bonds is 2. The molecule has 0 aromatic heterocycles. The predicted octanol–water partition coefficient (Wildman–Crippen LogP) is 13.6. The Bertz CT molecular complexity index is 2450. The van der Waals surface area contributed by atoms with Crippen molar-refractivity contribution in [1.29, 1.82) is 0 Å². The molecule has 0 heteroatoms. The van der Waals surface area contributed by atoms with Crippen LogP contribution < -0.4 is 0 Å². The highest BCUT2D eigenvalue weighted by Crippen LogP contribution is 2.43. The van der Waals surface area contributed by atoms with Gasteiger partial charge < -0.3 is 0 Å². The third-order valence-corrected chi connectivity index (χ3v) is 10.2. The molecule has 8 rings (SSSR count). The second kappa shape index (κ2) is 12.0. The van der Waals surface area contributed by atoms with Crippen LogP contribution in [0.1, 0.15) is 63.8 Å². The molecular formula is C50H42. The zero-order chi connectivity index (χ0) is 34.6. The molecule has 0 spiro atoms. The fourth-order valence-corrected chi connectivity index (χ4v) is 7.52. The van der Waals surface area contributed by atoms with E-state index in [9.17, 15) is 0 Å². The standard InChI is InChI=1S/C50H42/c1-49(2,3)35-25-27-41-39(37-21-13-15-23-43(37)47(45(41)31-35)33-17-9-7-10-18-33)29-30-40-38-22-14-16-24-44(38)48(34-19-11-8-12-20-34)46-32-36(50(4,5)6)26-28-42(40)46/h7-28,31-32H,1-6H3. The van der Waals surface area contributed by atoms with Crippen molar-refractivity contribution in [3.8, 4) is 34.1 Å². The maximum atomic E-state index is 3.82. The van der Waals surface area contributed by atoms with Gasteiger partial charge in [-0.25, -0.2) is 0 Å². The van der Waals surface area contributed by atoms with Crippen LogP contribution in [-0.2, 0) is 10.8 Å².